The summed E-state index contributed by atoms with van der Waals surface area (Å²) in [6, 6.07) is 20.2. The number of nitrogens with one attached hydrogen (secondary N) is 2. The summed E-state index contributed by atoms with van der Waals surface area (Å²) in [5, 5.41) is 16.0. The summed E-state index contributed by atoms with van der Waals surface area (Å²) >= 11 is 0. The number of hydrogen-bond acceptors (Lipinski definition) is 8. The van der Waals surface area contributed by atoms with Crippen LogP contribution in [0.15, 0.2) is 91.3 Å². The fraction of sp³-hybridized carbons (Fsp3) is 0.278. The van der Waals surface area contributed by atoms with E-state index in [4.69, 9.17) is 0 Å². The Morgan fingerprint density at radius 3 is 2.50 bits per heavy atom. The molecule has 10 nitrogen and oxygen atoms in total. The number of phenols is 1. The zero-order chi connectivity index (χ0) is 31.9. The third-order valence-corrected chi connectivity index (χ3v) is 9.43. The molecule has 7 rings (SSSR count). The molecule has 4 aliphatic rings. The minimum absolute atomic E-state index is 0.00520. The largest absolute Gasteiger partial charge is 0.507 e. The van der Waals surface area contributed by atoms with Crippen LogP contribution in [0.2, 0.25) is 0 Å². The van der Waals surface area contributed by atoms with Crippen molar-refractivity contribution in [3.05, 3.63) is 114 Å². The third kappa shape index (κ3) is 5.40. The quantitative estimate of drug-likeness (QED) is 0.187. The lowest BCUT2D eigenvalue weighted by Crippen LogP contribution is -2.51. The molecule has 3 fully saturated rings. The highest BCUT2D eigenvalue weighted by atomic mass is 16.3. The molecule has 3 aromatic rings. The van der Waals surface area contributed by atoms with Crippen molar-refractivity contribution in [2.75, 3.05) is 29.9 Å². The van der Waals surface area contributed by atoms with Gasteiger partial charge in [0, 0.05) is 61.1 Å². The number of allylic oxidation sites excluding steroid dienone is 2. The smallest absolute Gasteiger partial charge is 0.262 e. The molecule has 46 heavy (non-hydrogen) atoms. The van der Waals surface area contributed by atoms with Gasteiger partial charge in [-0.2, -0.15) is 0 Å². The van der Waals surface area contributed by atoms with Gasteiger partial charge in [-0.25, -0.2) is 0 Å². The molecule has 10 heteroatoms. The SMILES string of the molecule is C=C1CCC(N2C(=O)c3ccc(NCCc4ccc(N5C[C@H]6C[C@@H]5CN6/C=C/C(=O)c5ccccc5O)cc4)cc3C2=O)C(=O)N1. The second-order valence-corrected chi connectivity index (χ2v) is 12.3. The number of fused-ring (bicyclic) bond motifs is 3. The highest BCUT2D eigenvalue weighted by molar-refractivity contribution is 6.23. The molecule has 0 saturated carbocycles. The number of hydrogen-bond donors (Lipinski definition) is 3. The van der Waals surface area contributed by atoms with Crippen molar-refractivity contribution in [1.29, 1.82) is 0 Å². The number of piperidine rings is 1. The normalized spacial score (nSPS) is 22.2. The van der Waals surface area contributed by atoms with Crippen molar-refractivity contribution in [1.82, 2.24) is 15.1 Å². The van der Waals surface area contributed by atoms with Crippen molar-refractivity contribution < 1.29 is 24.3 Å². The number of nitrogens with zero attached hydrogens (tertiary/aromatic N) is 3. The number of piperazine rings is 1. The van der Waals surface area contributed by atoms with Crippen LogP contribution >= 0.6 is 0 Å². The van der Waals surface area contributed by atoms with E-state index in [-0.39, 0.29) is 17.4 Å². The average molecular weight is 618 g/mol. The fourth-order valence-corrected chi connectivity index (χ4v) is 7.00. The summed E-state index contributed by atoms with van der Waals surface area (Å²) in [7, 11) is 0. The van der Waals surface area contributed by atoms with E-state index < -0.39 is 17.9 Å². The van der Waals surface area contributed by atoms with Crippen molar-refractivity contribution in [3.63, 3.8) is 0 Å². The fourth-order valence-electron chi connectivity index (χ4n) is 7.00. The first kappa shape index (κ1) is 29.3. The number of rotatable bonds is 9. The predicted molar refractivity (Wildman–Crippen MR) is 174 cm³/mol. The van der Waals surface area contributed by atoms with Gasteiger partial charge >= 0.3 is 0 Å². The molecule has 0 radical (unpaired) electrons. The zero-order valence-electron chi connectivity index (χ0n) is 25.3. The number of carbonyl (C=O) groups is 4. The Morgan fingerprint density at radius 1 is 0.978 bits per heavy atom. The van der Waals surface area contributed by atoms with Crippen LogP contribution in [0.3, 0.4) is 0 Å². The van der Waals surface area contributed by atoms with Gasteiger partial charge in [-0.15, -0.1) is 0 Å². The zero-order valence-corrected chi connectivity index (χ0v) is 25.3. The van der Waals surface area contributed by atoms with E-state index in [1.54, 1.807) is 42.5 Å². The van der Waals surface area contributed by atoms with Crippen LogP contribution in [0, 0.1) is 0 Å². The molecule has 0 aromatic heterocycles. The molecule has 1 unspecified atom stereocenters. The molecular formula is C36H35N5O5. The Hall–Kier alpha value is -5.38. The molecule has 2 bridgehead atoms. The Morgan fingerprint density at radius 2 is 1.76 bits per heavy atom. The minimum Gasteiger partial charge on any atom is -0.507 e. The molecule has 4 aliphatic heterocycles. The number of amides is 3. The highest BCUT2D eigenvalue weighted by Crippen LogP contribution is 2.35. The summed E-state index contributed by atoms with van der Waals surface area (Å²) in [6.07, 6.45) is 6.13. The molecule has 0 spiro atoms. The van der Waals surface area contributed by atoms with E-state index in [2.05, 4.69) is 51.3 Å². The number of imide groups is 1. The first-order valence-electron chi connectivity index (χ1n) is 15.6. The number of carbonyl (C=O) groups excluding carboxylic acids is 4. The Bertz CT molecular complexity index is 1780. The lowest BCUT2D eigenvalue weighted by molar-refractivity contribution is -0.125. The first-order valence-corrected chi connectivity index (χ1v) is 15.6. The molecule has 3 amide bonds. The maximum Gasteiger partial charge on any atom is 0.262 e. The number of likely N-dealkylation sites (tertiary alicyclic amines) is 1. The second kappa shape index (κ2) is 11.8. The minimum atomic E-state index is -0.824. The first-order chi connectivity index (χ1) is 22.3. The van der Waals surface area contributed by atoms with Gasteiger partial charge in [0.2, 0.25) is 5.91 Å². The lowest BCUT2D eigenvalue weighted by atomic mass is 10.0. The van der Waals surface area contributed by atoms with Crippen LogP contribution in [0.4, 0.5) is 11.4 Å². The molecular weight excluding hydrogens is 582 g/mol. The van der Waals surface area contributed by atoms with Crippen molar-refractivity contribution in [3.8, 4) is 5.75 Å². The van der Waals surface area contributed by atoms with E-state index >= 15 is 0 Å². The maximum absolute atomic E-state index is 13.2. The topological polar surface area (TPSA) is 122 Å². The van der Waals surface area contributed by atoms with E-state index in [0.29, 0.717) is 53.9 Å². The van der Waals surface area contributed by atoms with Crippen molar-refractivity contribution >= 4 is 34.9 Å². The van der Waals surface area contributed by atoms with Crippen LogP contribution in [0.25, 0.3) is 0 Å². The lowest BCUT2D eigenvalue weighted by Gasteiger charge is -2.35. The third-order valence-electron chi connectivity index (χ3n) is 9.43. The van der Waals surface area contributed by atoms with Gasteiger partial charge in [0.1, 0.15) is 11.8 Å². The Labute approximate surface area is 267 Å². The number of ketones is 1. The van der Waals surface area contributed by atoms with E-state index in [0.717, 1.165) is 36.5 Å². The van der Waals surface area contributed by atoms with Gasteiger partial charge in [-0.05, 0) is 73.7 Å². The molecule has 3 N–H and O–H groups in total. The Balaban J connectivity index is 0.909. The number of para-hydroxylation sites is 1. The van der Waals surface area contributed by atoms with Gasteiger partial charge in [0.15, 0.2) is 5.78 Å². The summed E-state index contributed by atoms with van der Waals surface area (Å²) < 4.78 is 0. The molecule has 3 aromatic carbocycles. The number of benzene rings is 3. The average Bonchev–Trinajstić information content (AvgIpc) is 3.72. The van der Waals surface area contributed by atoms with Gasteiger partial charge in [-0.3, -0.25) is 24.1 Å². The number of aromatic hydroxyl groups is 1. The monoisotopic (exact) mass is 617 g/mol. The van der Waals surface area contributed by atoms with Gasteiger partial charge in [0.05, 0.1) is 16.7 Å². The molecule has 234 valence electrons. The van der Waals surface area contributed by atoms with Crippen LogP contribution in [-0.2, 0) is 11.2 Å². The van der Waals surface area contributed by atoms with Crippen LogP contribution in [0.1, 0.15) is 55.9 Å². The summed E-state index contributed by atoms with van der Waals surface area (Å²) in [5.41, 5.74) is 4.64. The molecule has 0 aliphatic carbocycles. The van der Waals surface area contributed by atoms with E-state index in [1.807, 2.05) is 6.20 Å². The second-order valence-electron chi connectivity index (χ2n) is 12.3. The summed E-state index contributed by atoms with van der Waals surface area (Å²) in [4.78, 5) is 56.9. The maximum atomic E-state index is 13.2. The molecule has 3 saturated heterocycles. The standard InChI is InChI=1S/C36H35N5O5/c1-22-6-13-31(34(44)38-22)41-35(45)28-12-9-24(18-30(28)36(41)46)37-16-14-23-7-10-25(11-8-23)40-21-26-19-27(40)20-39(26)17-15-33(43)29-4-2-3-5-32(29)42/h2-5,7-12,15,17-18,26-27,31,37,42H,1,6,13-14,16,19-21H2,(H,38,44)/b17-15+/t26-,27-,31?/m1/s1. The van der Waals surface area contributed by atoms with Gasteiger partial charge < -0.3 is 25.5 Å². The van der Waals surface area contributed by atoms with Crippen molar-refractivity contribution in [2.24, 2.45) is 0 Å². The van der Waals surface area contributed by atoms with Crippen LogP contribution < -0.4 is 15.5 Å². The van der Waals surface area contributed by atoms with Gasteiger partial charge in [0.25, 0.3) is 11.8 Å². The summed E-state index contributed by atoms with van der Waals surface area (Å²) in [5.74, 6) is -1.46. The van der Waals surface area contributed by atoms with E-state index in [1.165, 1.54) is 17.3 Å². The van der Waals surface area contributed by atoms with E-state index in [9.17, 15) is 24.3 Å². The van der Waals surface area contributed by atoms with Crippen LogP contribution in [-0.4, -0.2) is 76.2 Å². The van der Waals surface area contributed by atoms with Crippen molar-refractivity contribution in [2.45, 2.75) is 43.8 Å². The van der Waals surface area contributed by atoms with Gasteiger partial charge in [-0.1, -0.05) is 30.8 Å². The van der Waals surface area contributed by atoms with Crippen LogP contribution in [0.5, 0.6) is 5.75 Å². The highest BCUT2D eigenvalue weighted by Gasteiger charge is 2.44. The number of phenolic OH excluding ortho intramolecular Hbond substituents is 1. The number of anilines is 2. The molecule has 3 atom stereocenters. The molecule has 4 heterocycles. The predicted octanol–water partition coefficient (Wildman–Crippen LogP) is 4.09. The summed E-state index contributed by atoms with van der Waals surface area (Å²) in [6.45, 7) is 6.15. The Kier molecular flexibility index (Phi) is 7.56.